The molecule has 0 radical (unpaired) electrons. The molecule has 168 valence electrons. The van der Waals surface area contributed by atoms with Crippen molar-refractivity contribution < 1.29 is 4.84 Å². The van der Waals surface area contributed by atoms with Crippen LogP contribution >= 0.6 is 0 Å². The Hall–Kier alpha value is -1.57. The van der Waals surface area contributed by atoms with Crippen molar-refractivity contribution in [2.24, 2.45) is 16.8 Å². The van der Waals surface area contributed by atoms with Gasteiger partial charge in [0.25, 0.3) is 0 Å². The second-order valence-corrected chi connectivity index (χ2v) is 7.64. The highest BCUT2D eigenvalue weighted by atomic mass is 16.6. The fourth-order valence-corrected chi connectivity index (χ4v) is 2.95. The van der Waals surface area contributed by atoms with Gasteiger partial charge in [0.15, 0.2) is 0 Å². The Morgan fingerprint density at radius 3 is 2.17 bits per heavy atom. The molecule has 1 fully saturated rings. The van der Waals surface area contributed by atoms with Crippen molar-refractivity contribution in [1.29, 1.82) is 0 Å². The SMILES string of the molecule is C#C.C/C=C\C(C)C/C=C/CONC(=NC)C1CCN(C(C)C)CC1.CCCC. The molecule has 4 heteroatoms. The summed E-state index contributed by atoms with van der Waals surface area (Å²) >= 11 is 0. The topological polar surface area (TPSA) is 36.9 Å². The minimum Gasteiger partial charge on any atom is -0.301 e. The fraction of sp³-hybridized carbons (Fsp3) is 0.720. The van der Waals surface area contributed by atoms with Gasteiger partial charge in [0.2, 0.25) is 0 Å². The van der Waals surface area contributed by atoms with Crippen LogP contribution in [0.4, 0.5) is 0 Å². The van der Waals surface area contributed by atoms with Crippen LogP contribution in [-0.4, -0.2) is 43.5 Å². The molecule has 1 aliphatic rings. The molecule has 0 aromatic heterocycles. The highest BCUT2D eigenvalue weighted by Crippen LogP contribution is 2.19. The molecular formula is C25H47N3O. The lowest BCUT2D eigenvalue weighted by Crippen LogP contribution is -2.43. The maximum atomic E-state index is 5.56. The second-order valence-electron chi connectivity index (χ2n) is 7.64. The average molecular weight is 406 g/mol. The third-order valence-electron chi connectivity index (χ3n) is 4.94. The Morgan fingerprint density at radius 2 is 1.72 bits per heavy atom. The molecule has 1 rings (SSSR count). The van der Waals surface area contributed by atoms with Crippen LogP contribution in [0.25, 0.3) is 0 Å². The van der Waals surface area contributed by atoms with Gasteiger partial charge in [-0.15, -0.1) is 12.8 Å². The summed E-state index contributed by atoms with van der Waals surface area (Å²) in [6.07, 6.45) is 22.6. The highest BCUT2D eigenvalue weighted by Gasteiger charge is 2.24. The highest BCUT2D eigenvalue weighted by molar-refractivity contribution is 5.83. The number of hydrogen-bond donors (Lipinski definition) is 1. The van der Waals surface area contributed by atoms with Gasteiger partial charge >= 0.3 is 0 Å². The van der Waals surface area contributed by atoms with E-state index >= 15 is 0 Å². The monoisotopic (exact) mass is 405 g/mol. The third kappa shape index (κ3) is 16.0. The number of amidine groups is 1. The van der Waals surface area contributed by atoms with Crippen LogP contribution in [0.15, 0.2) is 29.3 Å². The first kappa shape index (κ1) is 29.6. The number of aliphatic imine (C=N–C) groups is 1. The van der Waals surface area contributed by atoms with Crippen molar-refractivity contribution in [3.05, 3.63) is 24.3 Å². The zero-order chi connectivity index (χ0) is 22.5. The summed E-state index contributed by atoms with van der Waals surface area (Å²) in [6, 6.07) is 0.636. The number of unbranched alkanes of at least 4 members (excludes halogenated alkanes) is 1. The zero-order valence-corrected chi connectivity index (χ0v) is 20.2. The van der Waals surface area contributed by atoms with Crippen molar-refractivity contribution >= 4 is 5.84 Å². The van der Waals surface area contributed by atoms with E-state index in [2.05, 4.69) is 94.1 Å². The lowest BCUT2D eigenvalue weighted by Gasteiger charge is -2.34. The van der Waals surface area contributed by atoms with Gasteiger partial charge in [0.05, 0.1) is 6.61 Å². The molecule has 0 aromatic rings. The van der Waals surface area contributed by atoms with Crippen LogP contribution in [0.3, 0.4) is 0 Å². The Kier molecular flexibility index (Phi) is 21.6. The maximum absolute atomic E-state index is 5.56. The molecule has 1 N–H and O–H groups in total. The average Bonchev–Trinajstić information content (AvgIpc) is 2.75. The third-order valence-corrected chi connectivity index (χ3v) is 4.94. The number of hydroxylamine groups is 1. The van der Waals surface area contributed by atoms with Crippen molar-refractivity contribution in [3.63, 3.8) is 0 Å². The lowest BCUT2D eigenvalue weighted by molar-refractivity contribution is 0.0999. The zero-order valence-electron chi connectivity index (χ0n) is 20.2. The van der Waals surface area contributed by atoms with E-state index in [4.69, 9.17) is 4.84 Å². The van der Waals surface area contributed by atoms with Gasteiger partial charge in [0.1, 0.15) is 5.84 Å². The summed E-state index contributed by atoms with van der Waals surface area (Å²) in [4.78, 5) is 12.5. The normalized spacial score (nSPS) is 17.0. The number of rotatable bonds is 9. The number of piperidine rings is 1. The molecule has 4 nitrogen and oxygen atoms in total. The van der Waals surface area contributed by atoms with Crippen molar-refractivity contribution in [3.8, 4) is 12.8 Å². The van der Waals surface area contributed by atoms with E-state index in [9.17, 15) is 0 Å². The molecule has 1 heterocycles. The van der Waals surface area contributed by atoms with Gasteiger partial charge in [-0.25, -0.2) is 0 Å². The van der Waals surface area contributed by atoms with Crippen molar-refractivity contribution in [2.75, 3.05) is 26.7 Å². The van der Waals surface area contributed by atoms with Crippen LogP contribution < -0.4 is 5.48 Å². The molecule has 0 aromatic carbocycles. The van der Waals surface area contributed by atoms with Gasteiger partial charge in [-0.05, 0) is 59.0 Å². The van der Waals surface area contributed by atoms with Crippen molar-refractivity contribution in [2.45, 2.75) is 79.7 Å². The maximum Gasteiger partial charge on any atom is 0.123 e. The molecule has 0 amide bonds. The smallest absolute Gasteiger partial charge is 0.123 e. The number of likely N-dealkylation sites (tertiary alicyclic amines) is 1. The largest absolute Gasteiger partial charge is 0.301 e. The number of terminal acetylenes is 1. The minimum atomic E-state index is 0.494. The van der Waals surface area contributed by atoms with Crippen LogP contribution in [0, 0.1) is 24.7 Å². The van der Waals surface area contributed by atoms with E-state index in [1.807, 2.05) is 7.05 Å². The molecule has 1 aliphatic heterocycles. The van der Waals surface area contributed by atoms with E-state index in [0.717, 1.165) is 38.2 Å². The van der Waals surface area contributed by atoms with Crippen LogP contribution in [0.1, 0.15) is 73.6 Å². The summed E-state index contributed by atoms with van der Waals surface area (Å²) in [6.45, 7) is 16.0. The van der Waals surface area contributed by atoms with Crippen LogP contribution in [0.2, 0.25) is 0 Å². The van der Waals surface area contributed by atoms with E-state index in [0.29, 0.717) is 24.5 Å². The van der Waals surface area contributed by atoms with E-state index < -0.39 is 0 Å². The van der Waals surface area contributed by atoms with Gasteiger partial charge in [0, 0.05) is 19.0 Å². The first-order valence-corrected chi connectivity index (χ1v) is 11.2. The Morgan fingerprint density at radius 1 is 1.14 bits per heavy atom. The molecule has 0 saturated carbocycles. The van der Waals surface area contributed by atoms with Crippen LogP contribution in [0.5, 0.6) is 0 Å². The Labute approximate surface area is 181 Å². The molecule has 1 saturated heterocycles. The summed E-state index contributed by atoms with van der Waals surface area (Å²) in [5, 5.41) is 0. The predicted octanol–water partition coefficient (Wildman–Crippen LogP) is 5.87. The van der Waals surface area contributed by atoms with Crippen molar-refractivity contribution in [1.82, 2.24) is 10.4 Å². The summed E-state index contributed by atoms with van der Waals surface area (Å²) in [5.41, 5.74) is 3.06. The molecule has 1 unspecified atom stereocenters. The Bertz CT molecular complexity index is 456. The second kappa shape index (κ2) is 21.1. The van der Waals surface area contributed by atoms with Gasteiger partial charge in [-0.2, -0.15) is 0 Å². The molecule has 0 spiro atoms. The number of allylic oxidation sites excluding steroid dienone is 3. The van der Waals surface area contributed by atoms with Gasteiger partial charge in [-0.3, -0.25) is 15.3 Å². The predicted molar refractivity (Wildman–Crippen MR) is 130 cm³/mol. The van der Waals surface area contributed by atoms with Gasteiger partial charge in [-0.1, -0.05) is 57.9 Å². The molecular weight excluding hydrogens is 358 g/mol. The summed E-state index contributed by atoms with van der Waals surface area (Å²) in [7, 11) is 1.84. The van der Waals surface area contributed by atoms with E-state index in [-0.39, 0.29) is 0 Å². The number of nitrogens with one attached hydrogen (secondary N) is 1. The molecule has 0 bridgehead atoms. The lowest BCUT2D eigenvalue weighted by atomic mass is 9.95. The fourth-order valence-electron chi connectivity index (χ4n) is 2.95. The molecule has 1 atom stereocenters. The van der Waals surface area contributed by atoms with E-state index in [1.54, 1.807) is 0 Å². The molecule has 0 aliphatic carbocycles. The first-order valence-electron chi connectivity index (χ1n) is 11.2. The number of hydrogen-bond acceptors (Lipinski definition) is 3. The van der Waals surface area contributed by atoms with Gasteiger partial charge < -0.3 is 4.90 Å². The number of nitrogens with zero attached hydrogens (tertiary/aromatic N) is 2. The summed E-state index contributed by atoms with van der Waals surface area (Å²) in [5.74, 6) is 2.07. The van der Waals surface area contributed by atoms with Crippen LogP contribution in [-0.2, 0) is 4.84 Å². The minimum absolute atomic E-state index is 0.494. The first-order chi connectivity index (χ1) is 14.0. The Balaban J connectivity index is 0. The quantitative estimate of drug-likeness (QED) is 0.130. The standard InChI is InChI=1S/C19H35N3O.C4H10.C2H2/c1-6-9-17(4)10-7-8-15-23-21-19(20-5)18-11-13-22(14-12-18)16(2)3;1-3-4-2;1-2/h6-9,16-18H,10-15H2,1-5H3,(H,20,21);3-4H2,1-2H3;1-2H/b8-7+,9-6-;;. The summed E-state index contributed by atoms with van der Waals surface area (Å²) < 4.78 is 0. The van der Waals surface area contributed by atoms with E-state index in [1.165, 1.54) is 12.8 Å². The molecule has 29 heavy (non-hydrogen) atoms.